The third-order valence-corrected chi connectivity index (χ3v) is 3.62. The minimum Gasteiger partial charge on any atom is -0.504 e. The van der Waals surface area contributed by atoms with Crippen molar-refractivity contribution in [1.29, 1.82) is 0 Å². The van der Waals surface area contributed by atoms with E-state index in [1.165, 1.54) is 0 Å². The van der Waals surface area contributed by atoms with Crippen LogP contribution in [0.1, 0.15) is 33.6 Å². The van der Waals surface area contributed by atoms with Crippen molar-refractivity contribution in [3.63, 3.8) is 0 Å². The molecule has 0 unspecified atom stereocenters. The number of phenols is 6. The maximum atomic E-state index is 11.8. The van der Waals surface area contributed by atoms with Crippen LogP contribution in [0, 0.1) is 0 Å². The highest BCUT2D eigenvalue weighted by Crippen LogP contribution is 2.36. The van der Waals surface area contributed by atoms with E-state index in [2.05, 4.69) is 0 Å². The molecule has 6 N–H and O–H groups in total. The fourth-order valence-electron chi connectivity index (χ4n) is 2.14. The summed E-state index contributed by atoms with van der Waals surface area (Å²) < 4.78 is 9.87. The van der Waals surface area contributed by atoms with Crippen molar-refractivity contribution in [1.82, 2.24) is 0 Å². The molecule has 0 saturated carbocycles. The first kappa shape index (κ1) is 20.5. The molecule has 0 atom stereocenters. The summed E-state index contributed by atoms with van der Waals surface area (Å²) in [6.07, 6.45) is 0.669. The summed E-state index contributed by atoms with van der Waals surface area (Å²) in [6.45, 7) is -0.0564. The number of phenolic OH excluding ortho intramolecular Hbond substituents is 6. The minimum absolute atomic E-state index is 0.0282. The van der Waals surface area contributed by atoms with Crippen LogP contribution in [0.5, 0.6) is 34.5 Å². The Morgan fingerprint density at radius 3 is 1.18 bits per heavy atom. The Labute approximate surface area is 158 Å². The molecule has 0 aliphatic rings. The number of unbranched alkanes of at least 4 members (excludes halogenated alkanes) is 1. The first-order chi connectivity index (χ1) is 13.2. The van der Waals surface area contributed by atoms with Gasteiger partial charge in [0.15, 0.2) is 34.5 Å². The topological polar surface area (TPSA) is 174 Å². The van der Waals surface area contributed by atoms with Crippen LogP contribution in [0.15, 0.2) is 24.3 Å². The number of esters is 2. The molecule has 2 aromatic rings. The highest BCUT2D eigenvalue weighted by atomic mass is 16.5. The van der Waals surface area contributed by atoms with Crippen molar-refractivity contribution in [2.45, 2.75) is 12.8 Å². The number of hydrogen-bond acceptors (Lipinski definition) is 10. The number of ether oxygens (including phenoxy) is 2. The molecule has 2 rings (SSSR count). The van der Waals surface area contributed by atoms with Crippen molar-refractivity contribution in [3.8, 4) is 34.5 Å². The third kappa shape index (κ3) is 4.87. The molecule has 0 heterocycles. The van der Waals surface area contributed by atoms with Gasteiger partial charge in [-0.2, -0.15) is 0 Å². The van der Waals surface area contributed by atoms with Crippen molar-refractivity contribution in [2.75, 3.05) is 13.2 Å². The second-order valence-electron chi connectivity index (χ2n) is 5.71. The second-order valence-corrected chi connectivity index (χ2v) is 5.71. The van der Waals surface area contributed by atoms with Crippen LogP contribution in [-0.4, -0.2) is 55.8 Å². The van der Waals surface area contributed by atoms with E-state index in [1.54, 1.807) is 0 Å². The number of hydrogen-bond donors (Lipinski definition) is 6. The Morgan fingerprint density at radius 2 is 0.893 bits per heavy atom. The maximum Gasteiger partial charge on any atom is 0.338 e. The van der Waals surface area contributed by atoms with Crippen molar-refractivity contribution in [3.05, 3.63) is 35.4 Å². The van der Waals surface area contributed by atoms with E-state index >= 15 is 0 Å². The Kier molecular flexibility index (Phi) is 6.38. The summed E-state index contributed by atoms with van der Waals surface area (Å²) in [5, 5.41) is 55.9. The molecule has 10 nitrogen and oxygen atoms in total. The monoisotopic (exact) mass is 394 g/mol. The van der Waals surface area contributed by atoms with Gasteiger partial charge >= 0.3 is 11.9 Å². The van der Waals surface area contributed by atoms with Crippen molar-refractivity contribution >= 4 is 11.9 Å². The fourth-order valence-corrected chi connectivity index (χ4v) is 2.14. The van der Waals surface area contributed by atoms with E-state index in [-0.39, 0.29) is 24.3 Å². The molecular weight excluding hydrogens is 376 g/mol. The van der Waals surface area contributed by atoms with Crippen LogP contribution >= 0.6 is 0 Å². The number of carbonyl (C=O) groups is 2. The summed E-state index contributed by atoms with van der Waals surface area (Å²) in [4.78, 5) is 23.6. The molecule has 0 saturated heterocycles. The molecule has 0 aliphatic heterocycles. The molecule has 0 aliphatic carbocycles. The van der Waals surface area contributed by atoms with Crippen LogP contribution in [0.4, 0.5) is 0 Å². The molecule has 0 aromatic heterocycles. The lowest BCUT2D eigenvalue weighted by Crippen LogP contribution is -2.09. The van der Waals surface area contributed by atoms with Crippen molar-refractivity contribution in [2.24, 2.45) is 0 Å². The summed E-state index contributed by atoms with van der Waals surface area (Å²) in [5.41, 5.74) is -0.294. The predicted molar refractivity (Wildman–Crippen MR) is 92.7 cm³/mol. The quantitative estimate of drug-likeness (QED) is 0.230. The molecule has 28 heavy (non-hydrogen) atoms. The molecule has 0 amide bonds. The Balaban J connectivity index is 1.73. The Morgan fingerprint density at radius 1 is 0.607 bits per heavy atom. The molecule has 2 aromatic carbocycles. The number of rotatable bonds is 7. The first-order valence-corrected chi connectivity index (χ1v) is 8.04. The van der Waals surface area contributed by atoms with Crippen LogP contribution in [-0.2, 0) is 9.47 Å². The van der Waals surface area contributed by atoms with Gasteiger partial charge in [0.05, 0.1) is 24.3 Å². The van der Waals surface area contributed by atoms with Gasteiger partial charge < -0.3 is 40.1 Å². The van der Waals surface area contributed by atoms with E-state index < -0.39 is 46.4 Å². The lowest BCUT2D eigenvalue weighted by Gasteiger charge is -2.08. The van der Waals surface area contributed by atoms with Gasteiger partial charge in [0, 0.05) is 0 Å². The lowest BCUT2D eigenvalue weighted by atomic mass is 10.2. The molecule has 0 fully saturated rings. The number of carbonyl (C=O) groups excluding carboxylic acids is 2. The standard InChI is InChI=1S/C18H18O10/c19-11-5-9(6-12(20)15(11)23)17(25)27-3-1-2-4-28-18(26)10-7-13(21)16(24)14(22)8-10/h5-8,19-24H,1-4H2. The number of aromatic hydroxyl groups is 6. The zero-order chi connectivity index (χ0) is 20.8. The Hall–Kier alpha value is -3.82. The summed E-state index contributed by atoms with van der Waals surface area (Å²) in [5.74, 6) is -5.77. The van der Waals surface area contributed by atoms with Crippen molar-refractivity contribution < 1.29 is 49.7 Å². The lowest BCUT2D eigenvalue weighted by molar-refractivity contribution is 0.0431. The van der Waals surface area contributed by atoms with Gasteiger partial charge in [-0.3, -0.25) is 0 Å². The third-order valence-electron chi connectivity index (χ3n) is 3.62. The highest BCUT2D eigenvalue weighted by Gasteiger charge is 2.16. The predicted octanol–water partition coefficient (Wildman–Crippen LogP) is 1.71. The van der Waals surface area contributed by atoms with Gasteiger partial charge in [-0.15, -0.1) is 0 Å². The maximum absolute atomic E-state index is 11.8. The van der Waals surface area contributed by atoms with E-state index in [1.807, 2.05) is 0 Å². The second kappa shape index (κ2) is 8.71. The van der Waals surface area contributed by atoms with Gasteiger partial charge in [0.1, 0.15) is 0 Å². The van der Waals surface area contributed by atoms with Crippen LogP contribution < -0.4 is 0 Å². The molecule has 0 radical (unpaired) electrons. The number of benzene rings is 2. The van der Waals surface area contributed by atoms with E-state index in [4.69, 9.17) is 9.47 Å². The summed E-state index contributed by atoms with van der Waals surface area (Å²) >= 11 is 0. The van der Waals surface area contributed by atoms with Crippen LogP contribution in [0.3, 0.4) is 0 Å². The zero-order valence-corrected chi connectivity index (χ0v) is 14.5. The molecule has 10 heteroatoms. The van der Waals surface area contributed by atoms with E-state index in [0.29, 0.717) is 12.8 Å². The fraction of sp³-hybridized carbons (Fsp3) is 0.222. The molecule has 150 valence electrons. The van der Waals surface area contributed by atoms with Crippen LogP contribution in [0.25, 0.3) is 0 Å². The summed E-state index contributed by atoms with van der Waals surface area (Å²) in [6, 6.07) is 3.78. The Bertz CT molecular complexity index is 770. The molecular formula is C18H18O10. The molecule has 0 bridgehead atoms. The largest absolute Gasteiger partial charge is 0.504 e. The van der Waals surface area contributed by atoms with Gasteiger partial charge in [-0.1, -0.05) is 0 Å². The zero-order valence-electron chi connectivity index (χ0n) is 14.5. The average Bonchev–Trinajstić information content (AvgIpc) is 2.65. The summed E-state index contributed by atoms with van der Waals surface area (Å²) in [7, 11) is 0. The molecule has 0 spiro atoms. The minimum atomic E-state index is -0.822. The average molecular weight is 394 g/mol. The van der Waals surface area contributed by atoms with E-state index in [0.717, 1.165) is 24.3 Å². The highest BCUT2D eigenvalue weighted by molar-refractivity contribution is 5.91. The normalized spacial score (nSPS) is 10.4. The van der Waals surface area contributed by atoms with Crippen LogP contribution in [0.2, 0.25) is 0 Å². The van der Waals surface area contributed by atoms with Gasteiger partial charge in [-0.25, -0.2) is 9.59 Å². The first-order valence-electron chi connectivity index (χ1n) is 8.04. The van der Waals surface area contributed by atoms with Gasteiger partial charge in [-0.05, 0) is 37.1 Å². The van der Waals surface area contributed by atoms with Gasteiger partial charge in [0.25, 0.3) is 0 Å². The van der Waals surface area contributed by atoms with E-state index in [9.17, 15) is 40.2 Å². The SMILES string of the molecule is O=C(OCCCCOC(=O)c1cc(O)c(O)c(O)c1)c1cc(O)c(O)c(O)c1. The van der Waals surface area contributed by atoms with Gasteiger partial charge in [0.2, 0.25) is 0 Å². The smallest absolute Gasteiger partial charge is 0.338 e.